The largest absolute Gasteiger partial charge is 0.341 e. The van der Waals surface area contributed by atoms with Crippen LogP contribution in [0.3, 0.4) is 0 Å². The van der Waals surface area contributed by atoms with Gasteiger partial charge in [-0.25, -0.2) is 18.4 Å². The van der Waals surface area contributed by atoms with Gasteiger partial charge in [0.1, 0.15) is 4.75 Å². The molecule has 0 aliphatic heterocycles. The van der Waals surface area contributed by atoms with Crippen LogP contribution in [-0.2, 0) is 16.6 Å². The summed E-state index contributed by atoms with van der Waals surface area (Å²) in [6.07, 6.45) is 5.64. The van der Waals surface area contributed by atoms with Gasteiger partial charge in [-0.3, -0.25) is 4.72 Å². The minimum Gasteiger partial charge on any atom is -0.341 e. The molecule has 2 N–H and O–H groups in total. The van der Waals surface area contributed by atoms with Crippen LogP contribution in [0.15, 0.2) is 89.4 Å². The van der Waals surface area contributed by atoms with Gasteiger partial charge in [-0.1, -0.05) is 64.5 Å². The normalized spacial score (nSPS) is 17.7. The van der Waals surface area contributed by atoms with Gasteiger partial charge in [0.2, 0.25) is 10.0 Å². The van der Waals surface area contributed by atoms with Crippen LogP contribution in [-0.4, -0.2) is 27.7 Å². The van der Waals surface area contributed by atoms with Crippen LogP contribution >= 0.6 is 15.9 Å². The van der Waals surface area contributed by atoms with E-state index in [2.05, 4.69) is 66.7 Å². The molecule has 0 spiro atoms. The summed E-state index contributed by atoms with van der Waals surface area (Å²) in [5.41, 5.74) is 4.37. The number of fused-ring (bicyclic) bond motifs is 4. The van der Waals surface area contributed by atoms with Crippen LogP contribution < -0.4 is 10.0 Å². The van der Waals surface area contributed by atoms with Gasteiger partial charge in [0, 0.05) is 38.5 Å². The molecule has 2 heterocycles. The Morgan fingerprint density at radius 2 is 1.63 bits per heavy atom. The maximum atomic E-state index is 13.6. The molecule has 1 aliphatic rings. The summed E-state index contributed by atoms with van der Waals surface area (Å²) in [5.74, 6) is 0.494. The van der Waals surface area contributed by atoms with Crippen molar-refractivity contribution in [2.24, 2.45) is 0 Å². The van der Waals surface area contributed by atoms with E-state index in [0.29, 0.717) is 23.3 Å². The minimum atomic E-state index is -3.85. The number of anilines is 3. The Hall–Kier alpha value is -3.69. The van der Waals surface area contributed by atoms with Gasteiger partial charge in [-0.15, -0.1) is 0 Å². The van der Waals surface area contributed by atoms with Crippen LogP contribution in [0.25, 0.3) is 32.8 Å². The lowest BCUT2D eigenvalue weighted by Gasteiger charge is -2.27. The van der Waals surface area contributed by atoms with Crippen molar-refractivity contribution >= 4 is 76.1 Å². The second kappa shape index (κ2) is 9.25. The Balaban J connectivity index is 1.44. The maximum absolute atomic E-state index is 13.6. The van der Waals surface area contributed by atoms with Crippen molar-refractivity contribution in [2.75, 3.05) is 10.0 Å². The molecule has 1 atom stereocenters. The summed E-state index contributed by atoms with van der Waals surface area (Å²) >= 11 is 3.41. The first kappa shape index (κ1) is 24.6. The highest BCUT2D eigenvalue weighted by Gasteiger charge is 2.38. The molecule has 0 fully saturated rings. The van der Waals surface area contributed by atoms with Gasteiger partial charge in [-0.05, 0) is 56.7 Å². The van der Waals surface area contributed by atoms with E-state index in [1.807, 2.05) is 48.5 Å². The van der Waals surface area contributed by atoms with E-state index in [-0.39, 0.29) is 5.82 Å². The van der Waals surface area contributed by atoms with E-state index in [9.17, 15) is 8.42 Å². The predicted molar refractivity (Wildman–Crippen MR) is 160 cm³/mol. The van der Waals surface area contributed by atoms with E-state index in [4.69, 9.17) is 4.98 Å². The molecule has 5 aromatic rings. The number of halogens is 1. The summed E-state index contributed by atoms with van der Waals surface area (Å²) in [5, 5.41) is 5.62. The number of aromatic nitrogens is 3. The summed E-state index contributed by atoms with van der Waals surface area (Å²) in [4.78, 5) is 9.41. The van der Waals surface area contributed by atoms with E-state index in [0.717, 1.165) is 33.0 Å². The summed E-state index contributed by atoms with van der Waals surface area (Å²) in [7, 11) is -3.85. The molecule has 1 unspecified atom stereocenters. The van der Waals surface area contributed by atoms with Crippen molar-refractivity contribution in [1.82, 2.24) is 14.5 Å². The maximum Gasteiger partial charge on any atom is 0.243 e. The number of hydrogen-bond acceptors (Lipinski definition) is 5. The van der Waals surface area contributed by atoms with Crippen LogP contribution in [0.5, 0.6) is 0 Å². The Labute approximate surface area is 229 Å². The molecular formula is C29H26BrN5O2S. The summed E-state index contributed by atoms with van der Waals surface area (Å²) in [6.45, 7) is 4.69. The van der Waals surface area contributed by atoms with Crippen LogP contribution in [0.1, 0.15) is 20.3 Å². The Bertz CT molecular complexity index is 1890. The summed E-state index contributed by atoms with van der Waals surface area (Å²) in [6, 6.07) is 21.9. The number of nitrogens with zero attached hydrogens (tertiary/aromatic N) is 3. The first-order valence-electron chi connectivity index (χ1n) is 12.4. The number of aryl methyl sites for hydroxylation is 1. The smallest absolute Gasteiger partial charge is 0.243 e. The fourth-order valence-electron chi connectivity index (χ4n) is 4.90. The predicted octanol–water partition coefficient (Wildman–Crippen LogP) is 7.24. The second-order valence-corrected chi connectivity index (χ2v) is 12.6. The third-order valence-electron chi connectivity index (χ3n) is 7.06. The SMILES string of the molecule is CCn1c2ccccc2c2cc(Nc3nc4ccccc4nc3NS(=O)(=O)C3(C)C=CC(Br)=CC3)ccc21. The number of para-hydroxylation sites is 3. The molecule has 7 nitrogen and oxygen atoms in total. The van der Waals surface area contributed by atoms with Crippen molar-refractivity contribution in [1.29, 1.82) is 0 Å². The van der Waals surface area contributed by atoms with Gasteiger partial charge in [-0.2, -0.15) is 0 Å². The van der Waals surface area contributed by atoms with Crippen molar-refractivity contribution in [3.63, 3.8) is 0 Å². The number of allylic oxidation sites excluding steroid dienone is 3. The van der Waals surface area contributed by atoms with Crippen LogP contribution in [0, 0.1) is 0 Å². The first-order chi connectivity index (χ1) is 18.3. The lowest BCUT2D eigenvalue weighted by Crippen LogP contribution is -2.38. The third-order valence-corrected chi connectivity index (χ3v) is 9.65. The number of sulfonamides is 1. The molecule has 0 saturated carbocycles. The highest BCUT2D eigenvalue weighted by molar-refractivity contribution is 9.11. The molecule has 0 radical (unpaired) electrons. The Kier molecular flexibility index (Phi) is 6.00. The summed E-state index contributed by atoms with van der Waals surface area (Å²) < 4.78 is 31.9. The molecule has 192 valence electrons. The first-order valence-corrected chi connectivity index (χ1v) is 14.7. The zero-order valence-electron chi connectivity index (χ0n) is 20.9. The Morgan fingerprint density at radius 1 is 0.947 bits per heavy atom. The van der Waals surface area contributed by atoms with Gasteiger partial charge in [0.15, 0.2) is 11.6 Å². The van der Waals surface area contributed by atoms with Crippen molar-refractivity contribution < 1.29 is 8.42 Å². The van der Waals surface area contributed by atoms with Gasteiger partial charge >= 0.3 is 0 Å². The molecule has 1 aliphatic carbocycles. The quantitative estimate of drug-likeness (QED) is 0.218. The molecule has 0 saturated heterocycles. The molecule has 2 aromatic heterocycles. The number of nitrogens with one attached hydrogen (secondary N) is 2. The van der Waals surface area contributed by atoms with E-state index in [1.54, 1.807) is 19.1 Å². The monoisotopic (exact) mass is 587 g/mol. The van der Waals surface area contributed by atoms with E-state index >= 15 is 0 Å². The topological polar surface area (TPSA) is 88.9 Å². The highest BCUT2D eigenvalue weighted by atomic mass is 79.9. The third kappa shape index (κ3) is 4.16. The van der Waals surface area contributed by atoms with Crippen LogP contribution in [0.2, 0.25) is 0 Å². The van der Waals surface area contributed by atoms with Crippen molar-refractivity contribution in [2.45, 2.75) is 31.6 Å². The zero-order chi connectivity index (χ0) is 26.5. The number of hydrogen-bond donors (Lipinski definition) is 2. The molecule has 6 rings (SSSR count). The molecule has 38 heavy (non-hydrogen) atoms. The second-order valence-electron chi connectivity index (χ2n) is 9.57. The van der Waals surface area contributed by atoms with E-state index < -0.39 is 14.8 Å². The number of rotatable bonds is 6. The molecular weight excluding hydrogens is 562 g/mol. The van der Waals surface area contributed by atoms with E-state index in [1.165, 1.54) is 5.52 Å². The number of benzene rings is 3. The minimum absolute atomic E-state index is 0.156. The molecule has 3 aromatic carbocycles. The van der Waals surface area contributed by atoms with Gasteiger partial charge in [0.25, 0.3) is 0 Å². The average molecular weight is 589 g/mol. The van der Waals surface area contributed by atoms with Crippen molar-refractivity contribution in [3.8, 4) is 0 Å². The standard InChI is InChI=1S/C29H26BrN5O2S/c1-3-35-25-11-7-4-8-21(25)22-18-20(12-13-26(22)35)31-27-28(33-24-10-6-5-9-23(24)32-27)34-38(36,37)29(2)16-14-19(30)15-17-29/h4-16,18H,3,17H2,1-2H3,(H,31,32)(H,33,34). The van der Waals surface area contributed by atoms with Crippen molar-refractivity contribution in [3.05, 3.63) is 89.4 Å². The highest BCUT2D eigenvalue weighted by Crippen LogP contribution is 2.35. The fraction of sp³-hybridized carbons (Fsp3) is 0.172. The van der Waals surface area contributed by atoms with Gasteiger partial charge < -0.3 is 9.88 Å². The van der Waals surface area contributed by atoms with Crippen LogP contribution in [0.4, 0.5) is 17.3 Å². The average Bonchev–Trinajstić information content (AvgIpc) is 3.23. The fourth-order valence-corrected chi connectivity index (χ4v) is 6.38. The molecule has 0 amide bonds. The lowest BCUT2D eigenvalue weighted by molar-refractivity contribution is 0.568. The molecule has 9 heteroatoms. The van der Waals surface area contributed by atoms with Gasteiger partial charge in [0.05, 0.1) is 11.0 Å². The molecule has 0 bridgehead atoms. The Morgan fingerprint density at radius 3 is 2.34 bits per heavy atom. The zero-order valence-corrected chi connectivity index (χ0v) is 23.3. The lowest BCUT2D eigenvalue weighted by atomic mass is 10.0.